The minimum absolute atomic E-state index is 0.0332. The number of carbonyl (C=O) groups is 2. The average Bonchev–Trinajstić information content (AvgIpc) is 3.40. The van der Waals surface area contributed by atoms with Crippen LogP contribution in [0.15, 0.2) is 42.5 Å². The van der Waals surface area contributed by atoms with Gasteiger partial charge in [-0.1, -0.05) is 24.3 Å². The van der Waals surface area contributed by atoms with Crippen molar-refractivity contribution in [3.05, 3.63) is 70.9 Å². The van der Waals surface area contributed by atoms with E-state index in [2.05, 4.69) is 10.3 Å². The van der Waals surface area contributed by atoms with E-state index in [1.807, 2.05) is 0 Å². The Morgan fingerprint density at radius 1 is 1.24 bits per heavy atom. The summed E-state index contributed by atoms with van der Waals surface area (Å²) in [6, 6.07) is 10.6. The van der Waals surface area contributed by atoms with Crippen molar-refractivity contribution < 1.29 is 28.2 Å². The highest BCUT2D eigenvalue weighted by Gasteiger charge is 2.43. The summed E-state index contributed by atoms with van der Waals surface area (Å²) in [7, 11) is 1.40. The van der Waals surface area contributed by atoms with Crippen LogP contribution >= 0.6 is 0 Å². The van der Waals surface area contributed by atoms with Crippen LogP contribution in [0, 0.1) is 5.82 Å². The molecule has 9 heteroatoms. The zero-order valence-electron chi connectivity index (χ0n) is 18.1. The summed E-state index contributed by atoms with van der Waals surface area (Å²) in [6.07, 6.45) is -0.639. The molecule has 0 radical (unpaired) electrons. The molecule has 33 heavy (non-hydrogen) atoms. The van der Waals surface area contributed by atoms with E-state index < -0.39 is 23.9 Å². The number of aromatic carboxylic acids is 1. The number of carboxylic acid groups (broad SMARTS) is 1. The third-order valence-electron chi connectivity index (χ3n) is 5.65. The lowest BCUT2D eigenvalue weighted by Crippen LogP contribution is -2.23. The lowest BCUT2D eigenvalue weighted by molar-refractivity contribution is 0.0685. The van der Waals surface area contributed by atoms with Gasteiger partial charge in [-0.2, -0.15) is 0 Å². The Balaban J connectivity index is 1.54. The Kier molecular flexibility index (Phi) is 6.13. The molecule has 3 aromatic rings. The van der Waals surface area contributed by atoms with Crippen LogP contribution < -0.4 is 10.1 Å². The molecule has 0 spiro atoms. The lowest BCUT2D eigenvalue weighted by Gasteiger charge is -2.10. The summed E-state index contributed by atoms with van der Waals surface area (Å²) in [5.74, 6) is -1.80. The summed E-state index contributed by atoms with van der Waals surface area (Å²) < 4.78 is 33.8. The van der Waals surface area contributed by atoms with Gasteiger partial charge in [-0.15, -0.1) is 0 Å². The van der Waals surface area contributed by atoms with Crippen molar-refractivity contribution in [2.45, 2.75) is 38.5 Å². The Bertz CT molecular complexity index is 1210. The maximum absolute atomic E-state index is 13.7. The molecule has 2 unspecified atom stereocenters. The second kappa shape index (κ2) is 9.01. The van der Waals surface area contributed by atoms with Gasteiger partial charge in [-0.3, -0.25) is 4.79 Å². The lowest BCUT2D eigenvalue weighted by atomic mass is 10.1. The zero-order valence-corrected chi connectivity index (χ0v) is 18.1. The van der Waals surface area contributed by atoms with Crippen molar-refractivity contribution in [2.24, 2.45) is 0 Å². The number of rotatable bonds is 8. The monoisotopic (exact) mass is 455 g/mol. The van der Waals surface area contributed by atoms with Gasteiger partial charge in [0.25, 0.3) is 5.91 Å². The number of amides is 1. The fraction of sp³-hybridized carbons (Fsp3) is 0.292. The van der Waals surface area contributed by atoms with Crippen molar-refractivity contribution in [2.75, 3.05) is 7.11 Å². The number of benzene rings is 2. The summed E-state index contributed by atoms with van der Waals surface area (Å²) in [6.45, 7) is 2.35. The van der Waals surface area contributed by atoms with Crippen LogP contribution in [0.4, 0.5) is 8.78 Å². The smallest absolute Gasteiger partial charge is 0.354 e. The molecule has 1 fully saturated rings. The molecule has 1 saturated carbocycles. The molecule has 1 amide bonds. The van der Waals surface area contributed by atoms with Crippen molar-refractivity contribution in [1.29, 1.82) is 0 Å². The third kappa shape index (κ3) is 4.44. The quantitative estimate of drug-likeness (QED) is 0.532. The van der Waals surface area contributed by atoms with E-state index in [9.17, 15) is 23.5 Å². The van der Waals surface area contributed by atoms with Gasteiger partial charge in [0, 0.05) is 18.7 Å². The van der Waals surface area contributed by atoms with Gasteiger partial charge in [0.05, 0.1) is 18.6 Å². The van der Waals surface area contributed by atoms with Crippen LogP contribution in [0.5, 0.6) is 5.75 Å². The van der Waals surface area contributed by atoms with Crippen LogP contribution in [0.2, 0.25) is 0 Å². The van der Waals surface area contributed by atoms with Gasteiger partial charge in [-0.25, -0.2) is 18.6 Å². The van der Waals surface area contributed by atoms with E-state index in [0.29, 0.717) is 30.0 Å². The summed E-state index contributed by atoms with van der Waals surface area (Å²) in [4.78, 5) is 28.9. The molecule has 7 nitrogen and oxygen atoms in total. The fourth-order valence-electron chi connectivity index (χ4n) is 3.84. The van der Waals surface area contributed by atoms with Crippen molar-refractivity contribution in [3.8, 4) is 17.0 Å². The van der Waals surface area contributed by atoms with Crippen LogP contribution in [0.25, 0.3) is 11.3 Å². The largest absolute Gasteiger partial charge is 0.496 e. The first kappa shape index (κ1) is 22.4. The second-order valence-electron chi connectivity index (χ2n) is 7.80. The number of nitrogens with zero attached hydrogens (tertiary/aromatic N) is 2. The molecule has 2 atom stereocenters. The molecule has 0 bridgehead atoms. The van der Waals surface area contributed by atoms with E-state index in [1.54, 1.807) is 35.8 Å². The van der Waals surface area contributed by atoms with Gasteiger partial charge in [-0.05, 0) is 37.1 Å². The van der Waals surface area contributed by atoms with Gasteiger partial charge in [0.15, 0.2) is 5.69 Å². The topological polar surface area (TPSA) is 93.5 Å². The first-order valence-corrected chi connectivity index (χ1v) is 10.5. The molecule has 1 aromatic heterocycles. The number of imidazole rings is 1. The highest BCUT2D eigenvalue weighted by molar-refractivity contribution is 5.97. The highest BCUT2D eigenvalue weighted by atomic mass is 19.1. The number of hydrogen-bond acceptors (Lipinski definition) is 4. The molecule has 172 valence electrons. The molecule has 1 aliphatic carbocycles. The number of hydrogen-bond donors (Lipinski definition) is 2. The Morgan fingerprint density at radius 2 is 1.94 bits per heavy atom. The van der Waals surface area contributed by atoms with Crippen molar-refractivity contribution >= 4 is 11.9 Å². The van der Waals surface area contributed by atoms with Crippen LogP contribution in [0.1, 0.15) is 51.5 Å². The molecule has 0 saturated heterocycles. The average molecular weight is 455 g/mol. The Morgan fingerprint density at radius 3 is 2.52 bits per heavy atom. The molecule has 1 heterocycles. The van der Waals surface area contributed by atoms with Crippen molar-refractivity contribution in [1.82, 2.24) is 14.9 Å². The number of aromatic nitrogens is 2. The van der Waals surface area contributed by atoms with Gasteiger partial charge < -0.3 is 19.7 Å². The normalized spacial score (nSPS) is 17.0. The molecular formula is C24H23F2N3O4. The van der Waals surface area contributed by atoms with E-state index in [4.69, 9.17) is 4.74 Å². The van der Waals surface area contributed by atoms with E-state index in [0.717, 1.165) is 11.6 Å². The number of nitrogens with one attached hydrogen (secondary N) is 1. The van der Waals surface area contributed by atoms with Crippen LogP contribution in [-0.2, 0) is 13.1 Å². The minimum Gasteiger partial charge on any atom is -0.496 e. The van der Waals surface area contributed by atoms with Crippen LogP contribution in [0.3, 0.4) is 0 Å². The predicted octanol–water partition coefficient (Wildman–Crippen LogP) is 4.17. The SMILES string of the molecule is CCn1c(C2CC2F)nc(-c2ccc(CNC(=O)c3cc(F)ccc3OC)cc2)c1C(=O)O. The first-order valence-electron chi connectivity index (χ1n) is 10.5. The molecule has 0 aliphatic heterocycles. The number of carbonyl (C=O) groups excluding carboxylic acids is 1. The summed E-state index contributed by atoms with van der Waals surface area (Å²) >= 11 is 0. The highest BCUT2D eigenvalue weighted by Crippen LogP contribution is 2.44. The number of ether oxygens (including phenoxy) is 1. The standard InChI is InChI=1S/C24H23F2N3O4/c1-3-29-21(24(31)32)20(28-22(29)16-11-18(16)26)14-6-4-13(5-7-14)12-27-23(30)17-10-15(25)8-9-19(17)33-2/h4-10,16,18H,3,11-12H2,1-2H3,(H,27,30)(H,31,32). The number of methoxy groups -OCH3 is 1. The Hall–Kier alpha value is -3.75. The number of carboxylic acids is 1. The first-order chi connectivity index (χ1) is 15.8. The summed E-state index contributed by atoms with van der Waals surface area (Å²) in [5.41, 5.74) is 1.74. The summed E-state index contributed by atoms with van der Waals surface area (Å²) in [5, 5.41) is 12.5. The molecule has 1 aliphatic rings. The molecule has 2 N–H and O–H groups in total. The zero-order chi connectivity index (χ0) is 23.7. The van der Waals surface area contributed by atoms with E-state index in [-0.39, 0.29) is 29.5 Å². The van der Waals surface area contributed by atoms with Crippen LogP contribution in [-0.4, -0.2) is 39.8 Å². The van der Waals surface area contributed by atoms with Crippen molar-refractivity contribution in [3.63, 3.8) is 0 Å². The third-order valence-corrected chi connectivity index (χ3v) is 5.65. The molecule has 4 rings (SSSR count). The minimum atomic E-state index is -1.12. The van der Waals surface area contributed by atoms with Gasteiger partial charge in [0.2, 0.25) is 0 Å². The molecular weight excluding hydrogens is 432 g/mol. The fourth-order valence-corrected chi connectivity index (χ4v) is 3.84. The van der Waals surface area contributed by atoms with Gasteiger partial charge >= 0.3 is 5.97 Å². The second-order valence-corrected chi connectivity index (χ2v) is 7.80. The number of alkyl halides is 1. The molecule has 2 aromatic carbocycles. The van der Waals surface area contributed by atoms with E-state index in [1.165, 1.54) is 19.2 Å². The van der Waals surface area contributed by atoms with Gasteiger partial charge in [0.1, 0.15) is 29.3 Å². The van der Waals surface area contributed by atoms with E-state index >= 15 is 0 Å². The maximum Gasteiger partial charge on any atom is 0.354 e. The Labute approximate surface area is 189 Å². The number of halogens is 2. The maximum atomic E-state index is 13.7. The predicted molar refractivity (Wildman–Crippen MR) is 117 cm³/mol.